The van der Waals surface area contributed by atoms with Crippen molar-refractivity contribution < 1.29 is 27.4 Å². The van der Waals surface area contributed by atoms with Gasteiger partial charge in [0.05, 0.1) is 4.90 Å². The first kappa shape index (κ1) is 17.2. The average Bonchev–Trinajstić information content (AvgIpc) is 3.02. The molecule has 1 aliphatic heterocycles. The van der Waals surface area contributed by atoms with Gasteiger partial charge in [-0.3, -0.25) is 4.79 Å². The maximum absolute atomic E-state index is 12.5. The topological polar surface area (TPSA) is 82.1 Å². The quantitative estimate of drug-likeness (QED) is 0.597. The molecule has 2 aromatic rings. The van der Waals surface area contributed by atoms with E-state index in [0.717, 1.165) is 9.87 Å². The highest BCUT2D eigenvalue weighted by Gasteiger charge is 2.24. The zero-order valence-corrected chi connectivity index (χ0v) is 14.6. The first-order valence-corrected chi connectivity index (χ1v) is 8.93. The van der Waals surface area contributed by atoms with Crippen LogP contribution in [-0.2, 0) is 14.8 Å². The molecule has 0 saturated heterocycles. The molecule has 25 heavy (non-hydrogen) atoms. The predicted molar refractivity (Wildman–Crippen MR) is 89.2 cm³/mol. The number of hydrogen-bond acceptors (Lipinski definition) is 6. The van der Waals surface area contributed by atoms with Crippen LogP contribution in [0, 0.1) is 6.92 Å². The number of ether oxygens (including phenoxy) is 3. The molecule has 132 valence electrons. The monoisotopic (exact) mass is 363 g/mol. The van der Waals surface area contributed by atoms with Gasteiger partial charge in [0, 0.05) is 13.1 Å². The van der Waals surface area contributed by atoms with Crippen LogP contribution in [0.4, 0.5) is 0 Å². The van der Waals surface area contributed by atoms with Crippen LogP contribution in [0.5, 0.6) is 17.2 Å². The van der Waals surface area contributed by atoms with E-state index in [9.17, 15) is 13.2 Å². The minimum Gasteiger partial charge on any atom is -0.454 e. The van der Waals surface area contributed by atoms with Crippen LogP contribution in [0.3, 0.4) is 0 Å². The van der Waals surface area contributed by atoms with E-state index in [1.807, 2.05) is 6.92 Å². The van der Waals surface area contributed by atoms with Crippen molar-refractivity contribution in [2.45, 2.75) is 11.8 Å². The molecule has 2 aromatic carbocycles. The van der Waals surface area contributed by atoms with E-state index >= 15 is 0 Å². The Morgan fingerprint density at radius 2 is 1.80 bits per heavy atom. The summed E-state index contributed by atoms with van der Waals surface area (Å²) in [5.41, 5.74) is 0.948. The third-order valence-electron chi connectivity index (χ3n) is 3.66. The first-order chi connectivity index (χ1) is 11.9. The van der Waals surface area contributed by atoms with Crippen molar-refractivity contribution in [3.63, 3.8) is 0 Å². The van der Waals surface area contributed by atoms with Gasteiger partial charge < -0.3 is 14.2 Å². The molecule has 0 amide bonds. The summed E-state index contributed by atoms with van der Waals surface area (Å²) < 4.78 is 41.4. The number of esters is 1. The Morgan fingerprint density at radius 1 is 1.12 bits per heavy atom. The smallest absolute Gasteiger partial charge is 0.326 e. The summed E-state index contributed by atoms with van der Waals surface area (Å²) in [5, 5.41) is 0. The molecule has 0 N–H and O–H groups in total. The molecule has 1 aliphatic rings. The lowest BCUT2D eigenvalue weighted by Gasteiger charge is -2.16. The zero-order valence-electron chi connectivity index (χ0n) is 13.8. The van der Waals surface area contributed by atoms with Crippen LogP contribution in [0.1, 0.15) is 5.56 Å². The highest BCUT2D eigenvalue weighted by Crippen LogP contribution is 2.35. The van der Waals surface area contributed by atoms with Crippen molar-refractivity contribution >= 4 is 16.0 Å². The Labute approximate surface area is 145 Å². The number of carbonyl (C=O) groups excluding carboxylic acids is 1. The highest BCUT2D eigenvalue weighted by atomic mass is 32.2. The Kier molecular flexibility index (Phi) is 4.65. The van der Waals surface area contributed by atoms with Gasteiger partial charge in [-0.2, -0.15) is 4.31 Å². The second kappa shape index (κ2) is 6.73. The van der Waals surface area contributed by atoms with E-state index in [1.165, 1.54) is 25.2 Å². The lowest BCUT2D eigenvalue weighted by Crippen LogP contribution is -2.34. The average molecular weight is 363 g/mol. The number of sulfonamides is 1. The van der Waals surface area contributed by atoms with Crippen molar-refractivity contribution in [2.24, 2.45) is 0 Å². The molecule has 1 heterocycles. The first-order valence-electron chi connectivity index (χ1n) is 7.49. The van der Waals surface area contributed by atoms with Crippen molar-refractivity contribution in [1.82, 2.24) is 4.31 Å². The van der Waals surface area contributed by atoms with Gasteiger partial charge in [0.25, 0.3) is 0 Å². The summed E-state index contributed by atoms with van der Waals surface area (Å²) in [4.78, 5) is 12.2. The van der Waals surface area contributed by atoms with Gasteiger partial charge in [-0.05, 0) is 31.2 Å². The van der Waals surface area contributed by atoms with Gasteiger partial charge in [-0.1, -0.05) is 17.7 Å². The molecule has 0 bridgehead atoms. The third-order valence-corrected chi connectivity index (χ3v) is 5.47. The number of nitrogens with zero attached hydrogens (tertiary/aromatic N) is 1. The lowest BCUT2D eigenvalue weighted by molar-refractivity contribution is -0.134. The van der Waals surface area contributed by atoms with Crippen LogP contribution in [0.15, 0.2) is 47.4 Å². The largest absolute Gasteiger partial charge is 0.454 e. The van der Waals surface area contributed by atoms with E-state index in [-0.39, 0.29) is 17.4 Å². The zero-order chi connectivity index (χ0) is 18.0. The van der Waals surface area contributed by atoms with Gasteiger partial charge >= 0.3 is 5.97 Å². The number of aryl methyl sites for hydroxylation is 1. The van der Waals surface area contributed by atoms with Crippen molar-refractivity contribution in [1.29, 1.82) is 0 Å². The van der Waals surface area contributed by atoms with E-state index in [2.05, 4.69) is 0 Å². The molecule has 0 radical (unpaired) electrons. The molecule has 0 spiro atoms. The molecule has 8 heteroatoms. The minimum absolute atomic E-state index is 0.115. The Hall–Kier alpha value is -2.58. The fourth-order valence-electron chi connectivity index (χ4n) is 2.26. The fourth-order valence-corrected chi connectivity index (χ4v) is 3.38. The molecule has 0 aliphatic carbocycles. The normalized spacial score (nSPS) is 13.1. The molecule has 0 atom stereocenters. The van der Waals surface area contributed by atoms with Gasteiger partial charge in [-0.25, -0.2) is 8.42 Å². The summed E-state index contributed by atoms with van der Waals surface area (Å²) in [6, 6.07) is 11.1. The minimum atomic E-state index is -3.76. The molecule has 7 nitrogen and oxygen atoms in total. The molecular formula is C17H17NO6S. The number of carbonyl (C=O) groups is 1. The summed E-state index contributed by atoms with van der Waals surface area (Å²) in [6.45, 7) is 1.57. The number of likely N-dealkylation sites (N-methyl/N-ethyl adjacent to an activating group) is 1. The van der Waals surface area contributed by atoms with Crippen molar-refractivity contribution in [3.05, 3.63) is 48.0 Å². The highest BCUT2D eigenvalue weighted by molar-refractivity contribution is 7.89. The molecule has 0 unspecified atom stereocenters. The maximum Gasteiger partial charge on any atom is 0.326 e. The van der Waals surface area contributed by atoms with E-state index in [0.29, 0.717) is 11.5 Å². The third kappa shape index (κ3) is 3.75. The number of hydrogen-bond donors (Lipinski definition) is 0. The number of fused-ring (bicyclic) bond motifs is 1. The second-order valence-corrected chi connectivity index (χ2v) is 7.61. The molecule has 0 saturated carbocycles. The summed E-state index contributed by atoms with van der Waals surface area (Å²) in [5.74, 6) is 0.609. The van der Waals surface area contributed by atoms with Crippen molar-refractivity contribution in [3.8, 4) is 17.2 Å². The van der Waals surface area contributed by atoms with Crippen LogP contribution in [0.2, 0.25) is 0 Å². The lowest BCUT2D eigenvalue weighted by atomic mass is 10.2. The van der Waals surface area contributed by atoms with Crippen LogP contribution < -0.4 is 14.2 Å². The SMILES string of the molecule is Cc1ccc(S(=O)(=O)N(C)CC(=O)Oc2ccc3c(c2)OCO3)cc1. The molecule has 3 rings (SSSR count). The molecule has 0 fully saturated rings. The van der Waals surface area contributed by atoms with Crippen LogP contribution in [0.25, 0.3) is 0 Å². The van der Waals surface area contributed by atoms with Crippen LogP contribution in [-0.4, -0.2) is 39.1 Å². The number of benzene rings is 2. The van der Waals surface area contributed by atoms with E-state index in [4.69, 9.17) is 14.2 Å². The van der Waals surface area contributed by atoms with E-state index < -0.39 is 22.5 Å². The summed E-state index contributed by atoms with van der Waals surface area (Å²) in [7, 11) is -2.44. The predicted octanol–water partition coefficient (Wildman–Crippen LogP) is 1.95. The van der Waals surface area contributed by atoms with Gasteiger partial charge in [0.1, 0.15) is 12.3 Å². The standard InChI is InChI=1S/C17H17NO6S/c1-12-3-6-14(7-4-12)25(20,21)18(2)10-17(19)24-13-5-8-15-16(9-13)23-11-22-15/h3-9H,10-11H2,1-2H3. The molecular weight excluding hydrogens is 346 g/mol. The van der Waals surface area contributed by atoms with Gasteiger partial charge in [0.15, 0.2) is 11.5 Å². The fraction of sp³-hybridized carbons (Fsp3) is 0.235. The van der Waals surface area contributed by atoms with E-state index in [1.54, 1.807) is 24.3 Å². The van der Waals surface area contributed by atoms with Crippen molar-refractivity contribution in [2.75, 3.05) is 20.4 Å². The van der Waals surface area contributed by atoms with Crippen LogP contribution >= 0.6 is 0 Å². The Morgan fingerprint density at radius 3 is 2.52 bits per heavy atom. The van der Waals surface area contributed by atoms with Gasteiger partial charge in [0.2, 0.25) is 16.8 Å². The Balaban J connectivity index is 1.66. The Bertz CT molecular complexity index is 892. The van der Waals surface area contributed by atoms with Gasteiger partial charge in [-0.15, -0.1) is 0 Å². The summed E-state index contributed by atoms with van der Waals surface area (Å²) >= 11 is 0. The second-order valence-electron chi connectivity index (χ2n) is 5.56. The summed E-state index contributed by atoms with van der Waals surface area (Å²) in [6.07, 6.45) is 0. The maximum atomic E-state index is 12.5. The number of rotatable bonds is 5. The molecule has 0 aromatic heterocycles.